The Bertz CT molecular complexity index is 568. The molecule has 1 saturated carbocycles. The molecule has 0 radical (unpaired) electrons. The largest absolute Gasteiger partial charge is 0.371 e. The summed E-state index contributed by atoms with van der Waals surface area (Å²) in [6, 6.07) is 3.29. The van der Waals surface area contributed by atoms with Gasteiger partial charge in [-0.3, -0.25) is 4.79 Å². The van der Waals surface area contributed by atoms with Gasteiger partial charge in [0, 0.05) is 19.2 Å². The van der Waals surface area contributed by atoms with E-state index in [0.29, 0.717) is 24.6 Å². The fourth-order valence-corrected chi connectivity index (χ4v) is 3.39. The van der Waals surface area contributed by atoms with Crippen LogP contribution in [0.25, 0.3) is 0 Å². The van der Waals surface area contributed by atoms with E-state index in [4.69, 9.17) is 4.74 Å². The smallest absolute Gasteiger partial charge is 0.227 e. The molecule has 0 unspecified atom stereocenters. The van der Waals surface area contributed by atoms with E-state index >= 15 is 0 Å². The number of hydrogen-bond donors (Lipinski definition) is 0. The zero-order valence-corrected chi connectivity index (χ0v) is 14.1. The van der Waals surface area contributed by atoms with Crippen LogP contribution in [0.2, 0.25) is 0 Å². The van der Waals surface area contributed by atoms with Crippen molar-refractivity contribution in [3.8, 4) is 0 Å². The molecule has 5 heteroatoms. The molecule has 0 aromatic heterocycles. The Balaban J connectivity index is 1.65. The maximum atomic E-state index is 13.3. The van der Waals surface area contributed by atoms with Gasteiger partial charge in [0.15, 0.2) is 0 Å². The molecule has 2 fully saturated rings. The number of carbonyl (C=O) groups excluding carboxylic acids is 1. The number of ether oxygens (including phenoxy) is 1. The van der Waals surface area contributed by atoms with E-state index in [1.807, 2.05) is 4.90 Å². The molecule has 132 valence electrons. The maximum absolute atomic E-state index is 13.3. The molecular weight excluding hydrogens is 312 g/mol. The summed E-state index contributed by atoms with van der Waals surface area (Å²) < 4.78 is 32.8. The predicted molar refractivity (Wildman–Crippen MR) is 87.6 cm³/mol. The molecule has 3 nitrogen and oxygen atoms in total. The first kappa shape index (κ1) is 17.3. The van der Waals surface area contributed by atoms with Gasteiger partial charge < -0.3 is 9.64 Å². The van der Waals surface area contributed by atoms with Crippen LogP contribution in [-0.2, 0) is 16.0 Å². The molecule has 2 atom stereocenters. The van der Waals surface area contributed by atoms with Gasteiger partial charge in [-0.25, -0.2) is 8.78 Å². The standard InChI is InChI=1S/C19H25F2NO2/c1-2-3-4-17-11-22(12-18(24-17)14-5-6-14)19(23)9-13-7-15(20)10-16(21)8-13/h7-8,10,14,17-18H,2-6,9,11-12H2,1H3/t17-,18-/m1/s1. The van der Waals surface area contributed by atoms with Crippen LogP contribution in [0.5, 0.6) is 0 Å². The second kappa shape index (κ2) is 7.60. The Morgan fingerprint density at radius 3 is 2.54 bits per heavy atom. The van der Waals surface area contributed by atoms with Gasteiger partial charge in [-0.1, -0.05) is 19.8 Å². The number of amides is 1. The molecule has 0 N–H and O–H groups in total. The summed E-state index contributed by atoms with van der Waals surface area (Å²) in [6.45, 7) is 3.33. The Kier molecular flexibility index (Phi) is 5.49. The molecule has 1 amide bonds. The van der Waals surface area contributed by atoms with Crippen molar-refractivity contribution in [3.05, 3.63) is 35.4 Å². The lowest BCUT2D eigenvalue weighted by molar-refractivity contribution is -0.147. The summed E-state index contributed by atoms with van der Waals surface area (Å²) in [4.78, 5) is 14.5. The van der Waals surface area contributed by atoms with Crippen molar-refractivity contribution >= 4 is 5.91 Å². The molecule has 3 rings (SSSR count). The summed E-state index contributed by atoms with van der Waals surface area (Å²) in [5.74, 6) is -0.792. The predicted octanol–water partition coefficient (Wildman–Crippen LogP) is 3.70. The Labute approximate surface area is 142 Å². The van der Waals surface area contributed by atoms with Crippen LogP contribution in [-0.4, -0.2) is 36.1 Å². The first-order valence-electron chi connectivity index (χ1n) is 8.93. The number of rotatable bonds is 6. The summed E-state index contributed by atoms with van der Waals surface area (Å²) in [7, 11) is 0. The Hall–Kier alpha value is -1.49. The average Bonchev–Trinajstić information content (AvgIpc) is 3.36. The van der Waals surface area contributed by atoms with Gasteiger partial charge in [0.2, 0.25) is 5.91 Å². The fourth-order valence-electron chi connectivity index (χ4n) is 3.39. The number of hydrogen-bond acceptors (Lipinski definition) is 2. The lowest BCUT2D eigenvalue weighted by Crippen LogP contribution is -2.51. The highest BCUT2D eigenvalue weighted by molar-refractivity contribution is 5.79. The molecule has 0 bridgehead atoms. The van der Waals surface area contributed by atoms with Gasteiger partial charge in [-0.05, 0) is 42.9 Å². The molecule has 24 heavy (non-hydrogen) atoms. The van der Waals surface area contributed by atoms with Crippen molar-refractivity contribution < 1.29 is 18.3 Å². The number of carbonyl (C=O) groups is 1. The molecule has 1 aromatic carbocycles. The van der Waals surface area contributed by atoms with Gasteiger partial charge in [0.1, 0.15) is 11.6 Å². The topological polar surface area (TPSA) is 29.5 Å². The minimum Gasteiger partial charge on any atom is -0.371 e. The highest BCUT2D eigenvalue weighted by atomic mass is 19.1. The van der Waals surface area contributed by atoms with Crippen LogP contribution >= 0.6 is 0 Å². The summed E-state index contributed by atoms with van der Waals surface area (Å²) >= 11 is 0. The third-order valence-corrected chi connectivity index (χ3v) is 4.85. The lowest BCUT2D eigenvalue weighted by Gasteiger charge is -2.38. The minimum atomic E-state index is -0.642. The number of nitrogens with zero attached hydrogens (tertiary/aromatic N) is 1. The zero-order valence-electron chi connectivity index (χ0n) is 14.1. The third kappa shape index (κ3) is 4.53. The first-order valence-corrected chi connectivity index (χ1v) is 8.93. The fraction of sp³-hybridized carbons (Fsp3) is 0.632. The van der Waals surface area contributed by atoms with E-state index in [-0.39, 0.29) is 24.5 Å². The van der Waals surface area contributed by atoms with Gasteiger partial charge in [0.25, 0.3) is 0 Å². The van der Waals surface area contributed by atoms with E-state index in [1.165, 1.54) is 25.0 Å². The SMILES string of the molecule is CCCC[C@@H]1CN(C(=O)Cc2cc(F)cc(F)c2)C[C@H](C2CC2)O1. The molecule has 0 spiro atoms. The summed E-state index contributed by atoms with van der Waals surface area (Å²) in [5, 5.41) is 0. The van der Waals surface area contributed by atoms with E-state index in [0.717, 1.165) is 25.3 Å². The van der Waals surface area contributed by atoms with E-state index in [2.05, 4.69) is 6.92 Å². The van der Waals surface area contributed by atoms with E-state index in [1.54, 1.807) is 0 Å². The van der Waals surface area contributed by atoms with Crippen LogP contribution in [0.1, 0.15) is 44.6 Å². The van der Waals surface area contributed by atoms with Crippen molar-refractivity contribution in [2.24, 2.45) is 5.92 Å². The molecule has 1 aliphatic carbocycles. The van der Waals surface area contributed by atoms with Crippen LogP contribution in [0.3, 0.4) is 0 Å². The maximum Gasteiger partial charge on any atom is 0.227 e. The monoisotopic (exact) mass is 337 g/mol. The molecule has 1 aromatic rings. The average molecular weight is 337 g/mol. The number of halogens is 2. The highest BCUT2D eigenvalue weighted by Gasteiger charge is 2.39. The zero-order chi connectivity index (χ0) is 17.1. The second-order valence-corrected chi connectivity index (χ2v) is 7.03. The number of benzene rings is 1. The van der Waals surface area contributed by atoms with E-state index < -0.39 is 11.6 Å². The third-order valence-electron chi connectivity index (χ3n) is 4.85. The van der Waals surface area contributed by atoms with Crippen molar-refractivity contribution in [1.29, 1.82) is 0 Å². The van der Waals surface area contributed by atoms with Crippen molar-refractivity contribution in [2.75, 3.05) is 13.1 Å². The van der Waals surface area contributed by atoms with Crippen molar-refractivity contribution in [1.82, 2.24) is 4.90 Å². The highest BCUT2D eigenvalue weighted by Crippen LogP contribution is 2.37. The van der Waals surface area contributed by atoms with E-state index in [9.17, 15) is 13.6 Å². The minimum absolute atomic E-state index is 0.0343. The summed E-state index contributed by atoms with van der Waals surface area (Å²) in [6.07, 6.45) is 5.71. The van der Waals surface area contributed by atoms with Gasteiger partial charge in [-0.2, -0.15) is 0 Å². The van der Waals surface area contributed by atoms with Crippen LogP contribution in [0.4, 0.5) is 8.78 Å². The number of morpholine rings is 1. The van der Waals surface area contributed by atoms with Crippen LogP contribution in [0.15, 0.2) is 18.2 Å². The summed E-state index contributed by atoms with van der Waals surface area (Å²) in [5.41, 5.74) is 0.386. The second-order valence-electron chi connectivity index (χ2n) is 7.03. The Morgan fingerprint density at radius 2 is 1.92 bits per heavy atom. The van der Waals surface area contributed by atoms with Gasteiger partial charge in [0.05, 0.1) is 18.6 Å². The number of unbranched alkanes of at least 4 members (excludes halogenated alkanes) is 1. The normalized spacial score (nSPS) is 24.2. The Morgan fingerprint density at radius 1 is 1.21 bits per heavy atom. The molecule has 2 aliphatic rings. The molecule has 1 heterocycles. The van der Waals surface area contributed by atoms with Crippen LogP contribution in [0, 0.1) is 17.6 Å². The van der Waals surface area contributed by atoms with Crippen LogP contribution < -0.4 is 0 Å². The van der Waals surface area contributed by atoms with Gasteiger partial charge >= 0.3 is 0 Å². The van der Waals surface area contributed by atoms with Gasteiger partial charge in [-0.15, -0.1) is 0 Å². The van der Waals surface area contributed by atoms with Crippen molar-refractivity contribution in [3.63, 3.8) is 0 Å². The first-order chi connectivity index (χ1) is 11.5. The van der Waals surface area contributed by atoms with Crippen molar-refractivity contribution in [2.45, 2.75) is 57.7 Å². The molecule has 1 saturated heterocycles. The molecular formula is C19H25F2NO2. The quantitative estimate of drug-likeness (QED) is 0.792. The molecule has 1 aliphatic heterocycles. The lowest BCUT2D eigenvalue weighted by atomic mass is 10.1.